The molecule has 1 aliphatic rings. The smallest absolute Gasteiger partial charge is 0.314 e. The van der Waals surface area contributed by atoms with Crippen LogP contribution in [0.5, 0.6) is 0 Å². The van der Waals surface area contributed by atoms with Crippen molar-refractivity contribution in [2.24, 2.45) is 0 Å². The molecule has 17 heavy (non-hydrogen) atoms. The molecule has 1 fully saturated rings. The maximum Gasteiger partial charge on any atom is 0.314 e. The standard InChI is InChI=1S/C14H19NO2/c1-17-14(16)13(11-7-3-2-4-8-11)12-9-5-6-10-15-12/h2-4,7-8,12-13,15H,5-6,9-10H2,1H3/t12?,13-/m1/s1/i13D. The van der Waals surface area contributed by atoms with E-state index in [1.165, 1.54) is 7.11 Å². The number of piperidine rings is 1. The molecule has 92 valence electrons. The van der Waals surface area contributed by atoms with Crippen LogP contribution in [-0.2, 0) is 9.53 Å². The van der Waals surface area contributed by atoms with E-state index in [1.807, 2.05) is 30.3 Å². The molecule has 1 saturated heterocycles. The summed E-state index contributed by atoms with van der Waals surface area (Å²) < 4.78 is 13.5. The van der Waals surface area contributed by atoms with E-state index in [1.54, 1.807) is 0 Å². The van der Waals surface area contributed by atoms with Gasteiger partial charge in [-0.2, -0.15) is 0 Å². The van der Waals surface area contributed by atoms with Crippen LogP contribution < -0.4 is 5.32 Å². The third-order valence-corrected chi connectivity index (χ3v) is 3.15. The Bertz CT molecular complexity index is 404. The number of benzene rings is 1. The molecule has 1 unspecified atom stereocenters. The number of esters is 1. The van der Waals surface area contributed by atoms with Crippen LogP contribution in [0.3, 0.4) is 0 Å². The lowest BCUT2D eigenvalue weighted by Crippen LogP contribution is -2.42. The molecule has 0 radical (unpaired) electrons. The summed E-state index contributed by atoms with van der Waals surface area (Å²) in [6.45, 7) is 0.856. The molecule has 1 heterocycles. The molecule has 1 aliphatic heterocycles. The predicted molar refractivity (Wildman–Crippen MR) is 66.8 cm³/mol. The first kappa shape index (κ1) is 10.8. The topological polar surface area (TPSA) is 38.3 Å². The second-order valence-corrected chi connectivity index (χ2v) is 4.27. The van der Waals surface area contributed by atoms with Crippen molar-refractivity contribution < 1.29 is 10.9 Å². The van der Waals surface area contributed by atoms with Gasteiger partial charge in [-0.05, 0) is 24.9 Å². The summed E-state index contributed by atoms with van der Waals surface area (Å²) >= 11 is 0. The van der Waals surface area contributed by atoms with E-state index >= 15 is 0 Å². The fraction of sp³-hybridized carbons (Fsp3) is 0.500. The van der Waals surface area contributed by atoms with Crippen molar-refractivity contribution in [2.75, 3.05) is 13.7 Å². The first-order chi connectivity index (χ1) is 8.69. The normalized spacial score (nSPS) is 24.5. The number of hydrogen-bond donors (Lipinski definition) is 1. The minimum atomic E-state index is -1.35. The molecule has 0 aromatic heterocycles. The zero-order valence-corrected chi connectivity index (χ0v) is 10.1. The fourth-order valence-corrected chi connectivity index (χ4v) is 2.29. The molecule has 0 spiro atoms. The van der Waals surface area contributed by atoms with Gasteiger partial charge in [-0.1, -0.05) is 36.8 Å². The van der Waals surface area contributed by atoms with Crippen LogP contribution in [0.15, 0.2) is 30.3 Å². The molecular weight excluding hydrogens is 214 g/mol. The number of carbonyl (C=O) groups excluding carboxylic acids is 1. The molecule has 2 atom stereocenters. The summed E-state index contributed by atoms with van der Waals surface area (Å²) in [5.41, 5.74) is 0.691. The molecule has 0 amide bonds. The quantitative estimate of drug-likeness (QED) is 0.814. The Morgan fingerprint density at radius 2 is 2.24 bits per heavy atom. The van der Waals surface area contributed by atoms with Crippen molar-refractivity contribution in [2.45, 2.75) is 31.2 Å². The summed E-state index contributed by atoms with van der Waals surface area (Å²) in [7, 11) is 1.34. The molecule has 3 heteroatoms. The predicted octanol–water partition coefficient (Wildman–Crippen LogP) is 2.09. The first-order valence-corrected chi connectivity index (χ1v) is 6.07. The number of nitrogens with one attached hydrogen (secondary N) is 1. The van der Waals surface area contributed by atoms with Gasteiger partial charge >= 0.3 is 5.97 Å². The number of methoxy groups -OCH3 is 1. The highest BCUT2D eigenvalue weighted by Crippen LogP contribution is 2.26. The number of hydrogen-bond acceptors (Lipinski definition) is 3. The molecule has 0 saturated carbocycles. The summed E-state index contributed by atoms with van der Waals surface area (Å²) in [5, 5.41) is 3.29. The molecule has 1 aromatic carbocycles. The Balaban J connectivity index is 2.36. The van der Waals surface area contributed by atoms with Crippen LogP contribution in [0.2, 0.25) is 0 Å². The summed E-state index contributed by atoms with van der Waals surface area (Å²) in [5.74, 6) is -1.84. The van der Waals surface area contributed by atoms with E-state index in [2.05, 4.69) is 5.32 Å². The van der Waals surface area contributed by atoms with Gasteiger partial charge in [-0.15, -0.1) is 0 Å². The Morgan fingerprint density at radius 3 is 2.82 bits per heavy atom. The Morgan fingerprint density at radius 1 is 1.47 bits per heavy atom. The van der Waals surface area contributed by atoms with E-state index in [0.29, 0.717) is 5.56 Å². The molecule has 0 aliphatic carbocycles. The van der Waals surface area contributed by atoms with E-state index in [0.717, 1.165) is 25.8 Å². The molecular formula is C14H19NO2. The molecule has 3 nitrogen and oxygen atoms in total. The van der Waals surface area contributed by atoms with Gasteiger partial charge in [0.15, 0.2) is 0 Å². The van der Waals surface area contributed by atoms with E-state index in [4.69, 9.17) is 6.11 Å². The van der Waals surface area contributed by atoms with Crippen LogP contribution in [0, 0.1) is 0 Å². The Kier molecular flexibility index (Phi) is 3.69. The minimum absolute atomic E-state index is 0.180. The second kappa shape index (κ2) is 5.82. The lowest BCUT2D eigenvalue weighted by Gasteiger charge is -2.29. The third-order valence-electron chi connectivity index (χ3n) is 3.15. The van der Waals surface area contributed by atoms with E-state index in [9.17, 15) is 4.79 Å². The maximum atomic E-state index is 12.1. The van der Waals surface area contributed by atoms with Crippen molar-refractivity contribution in [3.63, 3.8) is 0 Å². The van der Waals surface area contributed by atoms with Crippen molar-refractivity contribution in [3.05, 3.63) is 35.9 Å². The number of rotatable bonds is 3. The summed E-state index contributed by atoms with van der Waals surface area (Å²) in [4.78, 5) is 12.1. The van der Waals surface area contributed by atoms with Gasteiger partial charge in [0.05, 0.1) is 13.0 Å². The van der Waals surface area contributed by atoms with Gasteiger partial charge in [0, 0.05) is 7.41 Å². The zero-order valence-electron chi connectivity index (χ0n) is 11.1. The zero-order chi connectivity index (χ0) is 13.0. The van der Waals surface area contributed by atoms with E-state index in [-0.39, 0.29) is 6.04 Å². The summed E-state index contributed by atoms with van der Waals surface area (Å²) in [6.07, 6.45) is 2.97. The van der Waals surface area contributed by atoms with Gasteiger partial charge in [0.2, 0.25) is 0 Å². The fourth-order valence-electron chi connectivity index (χ4n) is 2.29. The SMILES string of the molecule is [2H][C@@](C(=O)OC)(c1ccccc1)C1CCCCN1. The van der Waals surface area contributed by atoms with Gasteiger partial charge in [0.1, 0.15) is 0 Å². The largest absolute Gasteiger partial charge is 0.469 e. The lowest BCUT2D eigenvalue weighted by molar-refractivity contribution is -0.143. The summed E-state index contributed by atoms with van der Waals surface area (Å²) in [6, 6.07) is 9.05. The van der Waals surface area contributed by atoms with Gasteiger partial charge in [-0.3, -0.25) is 4.79 Å². The third kappa shape index (κ3) is 2.86. The average Bonchev–Trinajstić information content (AvgIpc) is 2.47. The Hall–Kier alpha value is -1.35. The second-order valence-electron chi connectivity index (χ2n) is 4.27. The van der Waals surface area contributed by atoms with Crippen molar-refractivity contribution in [1.82, 2.24) is 5.32 Å². The number of ether oxygens (including phenoxy) is 1. The average molecular weight is 234 g/mol. The molecule has 0 bridgehead atoms. The van der Waals surface area contributed by atoms with Crippen LogP contribution in [0.4, 0.5) is 0 Å². The van der Waals surface area contributed by atoms with Crippen molar-refractivity contribution >= 4 is 5.97 Å². The maximum absolute atomic E-state index is 12.1. The van der Waals surface area contributed by atoms with Crippen molar-refractivity contribution in [1.29, 1.82) is 0 Å². The highest BCUT2D eigenvalue weighted by molar-refractivity contribution is 5.79. The van der Waals surface area contributed by atoms with Gasteiger partial charge < -0.3 is 10.1 Å². The molecule has 1 aromatic rings. The van der Waals surface area contributed by atoms with Gasteiger partial charge in [-0.25, -0.2) is 0 Å². The molecule has 2 rings (SSSR count). The first-order valence-electron chi connectivity index (χ1n) is 6.57. The molecule has 1 N–H and O–H groups in total. The van der Waals surface area contributed by atoms with E-state index < -0.39 is 11.9 Å². The highest BCUT2D eigenvalue weighted by atomic mass is 16.5. The van der Waals surface area contributed by atoms with Gasteiger partial charge in [0.25, 0.3) is 0 Å². The highest BCUT2D eigenvalue weighted by Gasteiger charge is 2.31. The van der Waals surface area contributed by atoms with Crippen molar-refractivity contribution in [3.8, 4) is 0 Å². The lowest BCUT2D eigenvalue weighted by atomic mass is 9.86. The van der Waals surface area contributed by atoms with Crippen LogP contribution in [0.1, 0.15) is 32.1 Å². The minimum Gasteiger partial charge on any atom is -0.469 e. The monoisotopic (exact) mass is 234 g/mol. The van der Waals surface area contributed by atoms with Crippen LogP contribution in [0.25, 0.3) is 0 Å². The Labute approximate surface area is 104 Å². The number of carbonyl (C=O) groups is 1. The van der Waals surface area contributed by atoms with Crippen LogP contribution in [-0.4, -0.2) is 25.7 Å². The van der Waals surface area contributed by atoms with Crippen LogP contribution >= 0.6 is 0 Å².